The van der Waals surface area contributed by atoms with Gasteiger partial charge in [0.25, 0.3) is 0 Å². The molecule has 4 rings (SSSR count). The number of hydrogen-bond acceptors (Lipinski definition) is 5. The van der Waals surface area contributed by atoms with Crippen LogP contribution in [-0.2, 0) is 6.42 Å². The minimum absolute atomic E-state index is 0.596. The van der Waals surface area contributed by atoms with Gasteiger partial charge in [0, 0.05) is 18.8 Å². The molecule has 2 fully saturated rings. The standard InChI is InChI=1S/C20H26ClN5/c21-16-11-24-20(25-12-16)26-8-6-14(7-9-26)19-10-15(19)2-1-3-18-5-4-17(22)13-23-18/h4-5,11-15,19H,1-3,6-10,22H2/t15-,19-/m1/s1. The molecule has 1 saturated carbocycles. The number of piperidine rings is 1. The maximum Gasteiger partial charge on any atom is 0.225 e. The Hall–Kier alpha value is -1.88. The average molecular weight is 372 g/mol. The quantitative estimate of drug-likeness (QED) is 0.831. The lowest BCUT2D eigenvalue weighted by Crippen LogP contribution is -2.35. The maximum atomic E-state index is 5.87. The van der Waals surface area contributed by atoms with E-state index in [1.54, 1.807) is 18.6 Å². The van der Waals surface area contributed by atoms with Gasteiger partial charge in [-0.25, -0.2) is 9.97 Å². The molecule has 5 nitrogen and oxygen atoms in total. The van der Waals surface area contributed by atoms with Crippen molar-refractivity contribution in [2.45, 2.75) is 38.5 Å². The minimum Gasteiger partial charge on any atom is -0.397 e. The van der Waals surface area contributed by atoms with Crippen LogP contribution in [0.15, 0.2) is 30.7 Å². The molecule has 1 saturated heterocycles. The smallest absolute Gasteiger partial charge is 0.225 e. The van der Waals surface area contributed by atoms with Crippen molar-refractivity contribution in [1.29, 1.82) is 0 Å². The molecule has 26 heavy (non-hydrogen) atoms. The Morgan fingerprint density at radius 1 is 1.08 bits per heavy atom. The van der Waals surface area contributed by atoms with E-state index in [4.69, 9.17) is 17.3 Å². The van der Waals surface area contributed by atoms with E-state index in [2.05, 4.69) is 19.9 Å². The summed E-state index contributed by atoms with van der Waals surface area (Å²) in [4.78, 5) is 15.4. The van der Waals surface area contributed by atoms with E-state index in [1.165, 1.54) is 32.1 Å². The van der Waals surface area contributed by atoms with Crippen molar-refractivity contribution >= 4 is 23.2 Å². The first-order chi connectivity index (χ1) is 12.7. The predicted octanol–water partition coefficient (Wildman–Crippen LogP) is 3.98. The number of pyridine rings is 1. The van der Waals surface area contributed by atoms with E-state index in [9.17, 15) is 0 Å². The van der Waals surface area contributed by atoms with Crippen molar-refractivity contribution in [3.05, 3.63) is 41.4 Å². The van der Waals surface area contributed by atoms with Crippen LogP contribution in [0.1, 0.15) is 37.8 Å². The fourth-order valence-corrected chi connectivity index (χ4v) is 4.40. The van der Waals surface area contributed by atoms with Gasteiger partial charge in [-0.05, 0) is 68.4 Å². The number of nitrogens with two attached hydrogens (primary N) is 1. The van der Waals surface area contributed by atoms with E-state index >= 15 is 0 Å². The average Bonchev–Trinajstić information content (AvgIpc) is 3.44. The van der Waals surface area contributed by atoms with Crippen molar-refractivity contribution in [2.24, 2.45) is 17.8 Å². The van der Waals surface area contributed by atoms with Gasteiger partial charge >= 0.3 is 0 Å². The first-order valence-electron chi connectivity index (χ1n) is 9.62. The van der Waals surface area contributed by atoms with Gasteiger partial charge in [0.15, 0.2) is 0 Å². The van der Waals surface area contributed by atoms with Crippen LogP contribution in [0.25, 0.3) is 0 Å². The van der Waals surface area contributed by atoms with Crippen LogP contribution < -0.4 is 10.6 Å². The van der Waals surface area contributed by atoms with E-state index in [0.717, 1.165) is 54.6 Å². The van der Waals surface area contributed by atoms with E-state index in [-0.39, 0.29) is 0 Å². The van der Waals surface area contributed by atoms with Gasteiger partial charge in [-0.15, -0.1) is 0 Å². The third kappa shape index (κ3) is 4.26. The lowest BCUT2D eigenvalue weighted by molar-refractivity contribution is 0.341. The number of anilines is 2. The number of nitrogen functional groups attached to an aromatic ring is 1. The number of aromatic nitrogens is 3. The van der Waals surface area contributed by atoms with Crippen molar-refractivity contribution in [1.82, 2.24) is 15.0 Å². The third-order valence-electron chi connectivity index (χ3n) is 5.87. The highest BCUT2D eigenvalue weighted by Crippen LogP contribution is 2.50. The van der Waals surface area contributed by atoms with Crippen molar-refractivity contribution in [2.75, 3.05) is 23.7 Å². The normalized spacial score (nSPS) is 23.2. The Morgan fingerprint density at radius 3 is 2.54 bits per heavy atom. The molecule has 2 atom stereocenters. The predicted molar refractivity (Wildman–Crippen MR) is 105 cm³/mol. The molecule has 0 aromatic carbocycles. The third-order valence-corrected chi connectivity index (χ3v) is 6.06. The topological polar surface area (TPSA) is 67.9 Å². The van der Waals surface area contributed by atoms with Crippen LogP contribution in [0.3, 0.4) is 0 Å². The summed E-state index contributed by atoms with van der Waals surface area (Å²) in [7, 11) is 0. The molecule has 3 heterocycles. The number of hydrogen-bond donors (Lipinski definition) is 1. The second-order valence-electron chi connectivity index (χ2n) is 7.66. The molecule has 0 amide bonds. The second-order valence-corrected chi connectivity index (χ2v) is 8.10. The summed E-state index contributed by atoms with van der Waals surface area (Å²) < 4.78 is 0. The fraction of sp³-hybridized carbons (Fsp3) is 0.550. The Morgan fingerprint density at radius 2 is 1.85 bits per heavy atom. The van der Waals surface area contributed by atoms with Gasteiger partial charge in [0.1, 0.15) is 0 Å². The molecule has 2 N–H and O–H groups in total. The monoisotopic (exact) mass is 371 g/mol. The van der Waals surface area contributed by atoms with Gasteiger partial charge in [-0.3, -0.25) is 4.98 Å². The number of nitrogens with zero attached hydrogens (tertiary/aromatic N) is 4. The lowest BCUT2D eigenvalue weighted by atomic mass is 9.90. The van der Waals surface area contributed by atoms with Gasteiger partial charge < -0.3 is 10.6 Å². The van der Waals surface area contributed by atoms with Gasteiger partial charge in [-0.2, -0.15) is 0 Å². The highest BCUT2D eigenvalue weighted by molar-refractivity contribution is 6.30. The maximum absolute atomic E-state index is 5.87. The van der Waals surface area contributed by atoms with E-state index in [1.807, 2.05) is 12.1 Å². The Bertz CT molecular complexity index is 710. The summed E-state index contributed by atoms with van der Waals surface area (Å²) in [6.07, 6.45) is 12.7. The first kappa shape index (κ1) is 17.5. The Kier molecular flexibility index (Phi) is 5.25. The SMILES string of the molecule is Nc1ccc(CCC[C@@H]2C[C@@H]2C2CCN(c3ncc(Cl)cn3)CC2)nc1. The Balaban J connectivity index is 1.18. The highest BCUT2D eigenvalue weighted by atomic mass is 35.5. The van der Waals surface area contributed by atoms with Crippen LogP contribution >= 0.6 is 11.6 Å². The van der Waals surface area contributed by atoms with Crippen molar-refractivity contribution < 1.29 is 0 Å². The summed E-state index contributed by atoms with van der Waals surface area (Å²) in [5.41, 5.74) is 7.59. The molecule has 2 aliphatic rings. The summed E-state index contributed by atoms with van der Waals surface area (Å²) in [5, 5.41) is 0.596. The fourth-order valence-electron chi connectivity index (χ4n) is 4.31. The largest absolute Gasteiger partial charge is 0.397 e. The molecule has 0 unspecified atom stereocenters. The van der Waals surface area contributed by atoms with Crippen LogP contribution in [0, 0.1) is 17.8 Å². The number of halogens is 1. The van der Waals surface area contributed by atoms with E-state index in [0.29, 0.717) is 5.02 Å². The highest BCUT2D eigenvalue weighted by Gasteiger charge is 2.42. The molecule has 2 aromatic rings. The zero-order valence-corrected chi connectivity index (χ0v) is 15.8. The first-order valence-corrected chi connectivity index (χ1v) is 10.00. The van der Waals surface area contributed by atoms with Crippen LogP contribution in [0.5, 0.6) is 0 Å². The summed E-state index contributed by atoms with van der Waals surface area (Å²) in [6.45, 7) is 2.12. The summed E-state index contributed by atoms with van der Waals surface area (Å²) in [5.74, 6) is 3.55. The lowest BCUT2D eigenvalue weighted by Gasteiger charge is -2.32. The van der Waals surface area contributed by atoms with Crippen molar-refractivity contribution in [3.63, 3.8) is 0 Å². The molecule has 2 aromatic heterocycles. The summed E-state index contributed by atoms with van der Waals surface area (Å²) in [6, 6.07) is 3.99. The van der Waals surface area contributed by atoms with Gasteiger partial charge in [-0.1, -0.05) is 11.6 Å². The zero-order valence-electron chi connectivity index (χ0n) is 15.0. The molecule has 6 heteroatoms. The van der Waals surface area contributed by atoms with Gasteiger partial charge in [0.05, 0.1) is 29.3 Å². The van der Waals surface area contributed by atoms with Crippen LogP contribution in [0.4, 0.5) is 11.6 Å². The minimum atomic E-state index is 0.596. The summed E-state index contributed by atoms with van der Waals surface area (Å²) >= 11 is 5.87. The van der Waals surface area contributed by atoms with E-state index < -0.39 is 0 Å². The molecular weight excluding hydrogens is 346 g/mol. The molecule has 138 valence electrons. The van der Waals surface area contributed by atoms with Crippen LogP contribution in [-0.4, -0.2) is 28.0 Å². The molecule has 1 aliphatic carbocycles. The number of rotatable bonds is 6. The second kappa shape index (κ2) is 7.78. The van der Waals surface area contributed by atoms with Gasteiger partial charge in [0.2, 0.25) is 5.95 Å². The molecular formula is C20H26ClN5. The molecule has 1 aliphatic heterocycles. The van der Waals surface area contributed by atoms with Crippen LogP contribution in [0.2, 0.25) is 5.02 Å². The number of aryl methyl sites for hydroxylation is 1. The molecule has 0 spiro atoms. The van der Waals surface area contributed by atoms with Crippen molar-refractivity contribution in [3.8, 4) is 0 Å². The Labute approximate surface area is 160 Å². The molecule has 0 bridgehead atoms. The molecule has 0 radical (unpaired) electrons. The zero-order chi connectivity index (χ0) is 17.9.